The second-order valence-electron chi connectivity index (χ2n) is 8.98. The number of unbranched alkanes of at least 4 members (excludes halogenated alkanes) is 1. The van der Waals surface area contributed by atoms with Crippen molar-refractivity contribution in [2.75, 3.05) is 19.3 Å². The minimum atomic E-state index is -3.71. The molecule has 0 spiro atoms. The molecule has 37 heavy (non-hydrogen) atoms. The first-order valence-electron chi connectivity index (χ1n) is 12.4. The van der Waals surface area contributed by atoms with E-state index < -0.39 is 22.0 Å². The molecular formula is C29H35N3O4S. The molecule has 1 atom stereocenters. The Hall–Kier alpha value is -3.49. The quantitative estimate of drug-likeness (QED) is 0.343. The first kappa shape index (κ1) is 28.1. The molecule has 1 unspecified atom stereocenters. The Morgan fingerprint density at radius 1 is 0.811 bits per heavy atom. The molecular weight excluding hydrogens is 486 g/mol. The Morgan fingerprint density at radius 3 is 1.84 bits per heavy atom. The number of amides is 2. The molecule has 1 N–H and O–H groups in total. The molecule has 8 heteroatoms. The average molecular weight is 522 g/mol. The van der Waals surface area contributed by atoms with Crippen molar-refractivity contribution in [3.8, 4) is 0 Å². The van der Waals surface area contributed by atoms with Crippen LogP contribution >= 0.6 is 0 Å². The number of carbonyl (C=O) groups excluding carboxylic acids is 2. The van der Waals surface area contributed by atoms with Gasteiger partial charge in [-0.1, -0.05) is 104 Å². The summed E-state index contributed by atoms with van der Waals surface area (Å²) in [6.45, 7) is 2.37. The fraction of sp³-hybridized carbons (Fsp3) is 0.310. The third kappa shape index (κ3) is 8.55. The molecule has 0 aromatic heterocycles. The third-order valence-electron chi connectivity index (χ3n) is 6.00. The van der Waals surface area contributed by atoms with Crippen molar-refractivity contribution in [1.29, 1.82) is 0 Å². The number of hydrogen-bond donors (Lipinski definition) is 1. The predicted molar refractivity (Wildman–Crippen MR) is 146 cm³/mol. The number of sulfonamides is 1. The van der Waals surface area contributed by atoms with Gasteiger partial charge in [0, 0.05) is 19.6 Å². The lowest BCUT2D eigenvalue weighted by atomic mass is 10.0. The molecule has 0 saturated heterocycles. The van der Waals surface area contributed by atoms with Crippen LogP contribution in [0.5, 0.6) is 0 Å². The molecule has 0 aliphatic heterocycles. The van der Waals surface area contributed by atoms with Gasteiger partial charge in [-0.05, 0) is 23.1 Å². The van der Waals surface area contributed by atoms with Crippen LogP contribution in [0.1, 0.15) is 42.5 Å². The van der Waals surface area contributed by atoms with Crippen LogP contribution in [0.15, 0.2) is 91.0 Å². The van der Waals surface area contributed by atoms with Crippen LogP contribution in [0, 0.1) is 0 Å². The van der Waals surface area contributed by atoms with E-state index in [1.165, 1.54) is 4.90 Å². The highest BCUT2D eigenvalue weighted by molar-refractivity contribution is 7.88. The van der Waals surface area contributed by atoms with Crippen molar-refractivity contribution < 1.29 is 18.0 Å². The van der Waals surface area contributed by atoms with E-state index in [1.807, 2.05) is 97.9 Å². The van der Waals surface area contributed by atoms with Crippen LogP contribution in [0.25, 0.3) is 0 Å². The molecule has 7 nitrogen and oxygen atoms in total. The molecule has 3 aromatic rings. The van der Waals surface area contributed by atoms with E-state index >= 15 is 0 Å². The van der Waals surface area contributed by atoms with Crippen LogP contribution in [-0.4, -0.2) is 48.8 Å². The minimum absolute atomic E-state index is 0.0588. The van der Waals surface area contributed by atoms with E-state index in [0.717, 1.165) is 34.5 Å². The highest BCUT2D eigenvalue weighted by Crippen LogP contribution is 2.25. The van der Waals surface area contributed by atoms with Crippen LogP contribution in [0.4, 0.5) is 0 Å². The maximum absolute atomic E-state index is 13.9. The lowest BCUT2D eigenvalue weighted by molar-refractivity contribution is -0.141. The smallest absolute Gasteiger partial charge is 0.247 e. The Bertz CT molecular complexity index is 1240. The summed E-state index contributed by atoms with van der Waals surface area (Å²) in [6, 6.07) is 26.7. The Morgan fingerprint density at radius 2 is 1.32 bits per heavy atom. The van der Waals surface area contributed by atoms with Gasteiger partial charge in [-0.25, -0.2) is 8.42 Å². The Kier molecular flexibility index (Phi) is 10.4. The van der Waals surface area contributed by atoms with Crippen molar-refractivity contribution in [1.82, 2.24) is 14.5 Å². The minimum Gasteiger partial charge on any atom is -0.354 e. The lowest BCUT2D eigenvalue weighted by Gasteiger charge is -2.33. The molecule has 0 bridgehead atoms. The molecule has 0 fully saturated rings. The standard InChI is InChI=1S/C29H35N3O4S/c1-3-4-20-30-29(34)28(26-18-12-7-13-19-26)32(22-25-16-10-6-11-17-25)27(33)23-31(37(2,35)36)21-24-14-8-5-9-15-24/h5-19,28H,3-4,20-23H2,1-2H3,(H,30,34). The maximum atomic E-state index is 13.9. The molecule has 0 radical (unpaired) electrons. The normalized spacial score (nSPS) is 12.2. The van der Waals surface area contributed by atoms with Gasteiger partial charge < -0.3 is 10.2 Å². The summed E-state index contributed by atoms with van der Waals surface area (Å²) in [5, 5.41) is 2.96. The molecule has 2 amide bonds. The summed E-state index contributed by atoms with van der Waals surface area (Å²) >= 11 is 0. The van der Waals surface area contributed by atoms with Gasteiger partial charge in [-0.3, -0.25) is 9.59 Å². The van der Waals surface area contributed by atoms with E-state index in [9.17, 15) is 18.0 Å². The van der Waals surface area contributed by atoms with Crippen LogP contribution in [0.2, 0.25) is 0 Å². The summed E-state index contributed by atoms with van der Waals surface area (Å²) < 4.78 is 26.5. The van der Waals surface area contributed by atoms with Crippen LogP contribution < -0.4 is 5.32 Å². The van der Waals surface area contributed by atoms with Crippen molar-refractivity contribution in [3.63, 3.8) is 0 Å². The zero-order valence-electron chi connectivity index (χ0n) is 21.4. The van der Waals surface area contributed by atoms with Crippen molar-refractivity contribution in [2.24, 2.45) is 0 Å². The molecule has 3 rings (SSSR count). The number of rotatable bonds is 13. The average Bonchev–Trinajstić information content (AvgIpc) is 2.89. The summed E-state index contributed by atoms with van der Waals surface area (Å²) in [5.41, 5.74) is 2.27. The number of benzene rings is 3. The van der Waals surface area contributed by atoms with E-state index in [4.69, 9.17) is 0 Å². The fourth-order valence-electron chi connectivity index (χ4n) is 4.02. The second-order valence-corrected chi connectivity index (χ2v) is 11.0. The van der Waals surface area contributed by atoms with Crippen molar-refractivity contribution in [2.45, 2.75) is 38.9 Å². The molecule has 0 aliphatic rings. The highest BCUT2D eigenvalue weighted by atomic mass is 32.2. The van der Waals surface area contributed by atoms with E-state index in [0.29, 0.717) is 12.1 Å². The first-order chi connectivity index (χ1) is 17.8. The summed E-state index contributed by atoms with van der Waals surface area (Å²) in [5.74, 6) is -0.748. The van der Waals surface area contributed by atoms with E-state index in [2.05, 4.69) is 5.32 Å². The topological polar surface area (TPSA) is 86.8 Å². The van der Waals surface area contributed by atoms with Gasteiger partial charge in [0.2, 0.25) is 21.8 Å². The van der Waals surface area contributed by atoms with Gasteiger partial charge in [-0.2, -0.15) is 4.31 Å². The van der Waals surface area contributed by atoms with Crippen LogP contribution in [-0.2, 0) is 32.7 Å². The van der Waals surface area contributed by atoms with Crippen LogP contribution in [0.3, 0.4) is 0 Å². The zero-order chi connectivity index (χ0) is 26.7. The highest BCUT2D eigenvalue weighted by Gasteiger charge is 2.33. The molecule has 3 aromatic carbocycles. The third-order valence-corrected chi connectivity index (χ3v) is 7.20. The van der Waals surface area contributed by atoms with E-state index in [1.54, 1.807) is 0 Å². The number of carbonyl (C=O) groups is 2. The van der Waals surface area contributed by atoms with Crippen molar-refractivity contribution in [3.05, 3.63) is 108 Å². The summed E-state index contributed by atoms with van der Waals surface area (Å²) in [6.07, 6.45) is 2.83. The number of hydrogen-bond acceptors (Lipinski definition) is 4. The van der Waals surface area contributed by atoms with Gasteiger partial charge in [-0.15, -0.1) is 0 Å². The predicted octanol–water partition coefficient (Wildman–Crippen LogP) is 4.13. The van der Waals surface area contributed by atoms with E-state index in [-0.39, 0.29) is 25.5 Å². The lowest BCUT2D eigenvalue weighted by Crippen LogP contribution is -2.47. The molecule has 0 aliphatic carbocycles. The molecule has 0 heterocycles. The number of nitrogens with zero attached hydrogens (tertiary/aromatic N) is 2. The summed E-state index contributed by atoms with van der Waals surface area (Å²) in [4.78, 5) is 28.9. The Labute approximate surface area is 220 Å². The van der Waals surface area contributed by atoms with Crippen molar-refractivity contribution >= 4 is 21.8 Å². The maximum Gasteiger partial charge on any atom is 0.247 e. The van der Waals surface area contributed by atoms with Gasteiger partial charge in [0.15, 0.2) is 0 Å². The largest absolute Gasteiger partial charge is 0.354 e. The first-order valence-corrected chi connectivity index (χ1v) is 14.3. The SMILES string of the molecule is CCCCNC(=O)C(c1ccccc1)N(Cc1ccccc1)C(=O)CN(Cc1ccccc1)S(C)(=O)=O. The van der Waals surface area contributed by atoms with Gasteiger partial charge in [0.1, 0.15) is 6.04 Å². The second kappa shape index (κ2) is 13.7. The monoisotopic (exact) mass is 521 g/mol. The van der Waals surface area contributed by atoms with Gasteiger partial charge >= 0.3 is 0 Å². The fourth-order valence-corrected chi connectivity index (χ4v) is 4.74. The van der Waals surface area contributed by atoms with Gasteiger partial charge in [0.25, 0.3) is 0 Å². The van der Waals surface area contributed by atoms with Gasteiger partial charge in [0.05, 0.1) is 12.8 Å². The zero-order valence-corrected chi connectivity index (χ0v) is 22.2. The molecule has 196 valence electrons. The Balaban J connectivity index is 1.98. The molecule has 0 saturated carbocycles. The summed E-state index contributed by atoms with van der Waals surface area (Å²) in [7, 11) is -3.71. The number of nitrogens with one attached hydrogen (secondary N) is 1.